The second-order valence-electron chi connectivity index (χ2n) is 4.78. The number of alkyl halides is 15. The Morgan fingerprint density at radius 3 is 1.04 bits per heavy atom. The minimum absolute atomic E-state index is 0. The van der Waals surface area contributed by atoms with Gasteiger partial charge in [-0.3, -0.25) is 0 Å². The summed E-state index contributed by atoms with van der Waals surface area (Å²) in [7, 11) is -6.63. The number of rotatable bonds is 7. The van der Waals surface area contributed by atoms with Crippen molar-refractivity contribution in [3.8, 4) is 0 Å². The van der Waals surface area contributed by atoms with Crippen molar-refractivity contribution in [2.45, 2.75) is 41.7 Å². The maximum absolute atomic E-state index is 13.0. The second kappa shape index (κ2) is 7.30. The van der Waals surface area contributed by atoms with Crippen LogP contribution in [0.4, 0.5) is 65.9 Å². The Morgan fingerprint density at radius 1 is 0.536 bits per heavy atom. The molecule has 3 nitrogen and oxygen atoms in total. The molecule has 0 aromatic carbocycles. The summed E-state index contributed by atoms with van der Waals surface area (Å²) in [5, 5.41) is 0. The Bertz CT molecular complexity index is 667. The number of hydrogen-bond acceptors (Lipinski definition) is 3. The van der Waals surface area contributed by atoms with Crippen molar-refractivity contribution in [3.05, 3.63) is 0 Å². The average molecular weight is 470 g/mol. The van der Waals surface area contributed by atoms with Crippen LogP contribution in [0.1, 0.15) is 0 Å². The van der Waals surface area contributed by atoms with Gasteiger partial charge >= 0.3 is 60.6 Å². The first-order valence-electron chi connectivity index (χ1n) is 5.48. The van der Waals surface area contributed by atoms with Gasteiger partial charge in [-0.25, -0.2) is 8.42 Å². The molecule has 0 atom stereocenters. The van der Waals surface area contributed by atoms with Gasteiger partial charge in [-0.1, -0.05) is 0 Å². The zero-order chi connectivity index (χ0) is 22.7. The monoisotopic (exact) mass is 470 g/mol. The molecule has 0 saturated heterocycles. The number of halogens is 15. The van der Waals surface area contributed by atoms with E-state index in [2.05, 4.69) is 0 Å². The molecule has 0 unspecified atom stereocenters. The molecule has 0 aliphatic heterocycles. The Balaban J connectivity index is 0. The van der Waals surface area contributed by atoms with Gasteiger partial charge in [0.2, 0.25) is 0 Å². The van der Waals surface area contributed by atoms with Crippen molar-refractivity contribution in [2.24, 2.45) is 0 Å². The first-order valence-corrected chi connectivity index (χ1v) is 7.05. The Kier molecular flexibility index (Phi) is 7.73. The Hall–Kier alpha value is -0.543. The fraction of sp³-hybridized carbons (Fsp3) is 1.00. The van der Waals surface area contributed by atoms with E-state index in [1.165, 1.54) is 0 Å². The van der Waals surface area contributed by atoms with Gasteiger partial charge in [0.25, 0.3) is 0 Å². The summed E-state index contributed by atoms with van der Waals surface area (Å²) in [6.07, 6.45) is -7.73. The SMILES string of the molecule is O=S(=O)([O-])CC(F)(F)C(F)(F)C(F)(F)C(F)(F)C(F)(F)C(F)(F)C(F)(F)F.[Li+]. The minimum Gasteiger partial charge on any atom is -0.748 e. The predicted octanol–water partition coefficient (Wildman–Crippen LogP) is 0.910. The van der Waals surface area contributed by atoms with Gasteiger partial charge in [-0.05, 0) is 0 Å². The van der Waals surface area contributed by atoms with Crippen molar-refractivity contribution >= 4 is 10.1 Å². The summed E-state index contributed by atoms with van der Waals surface area (Å²) in [4.78, 5) is 0. The molecular formula is C8H2F15LiO3S. The molecule has 0 fully saturated rings. The molecule has 28 heavy (non-hydrogen) atoms. The standard InChI is InChI=1S/C8H3F15O3S.Li/c9-2(10,1-27(24,25)26)3(11,12)4(13,14)5(15,16)6(17,18)7(19,20)8(21,22)23;/h1H2,(H,24,25,26);/q;+1/p-1. The topological polar surface area (TPSA) is 57.2 Å². The van der Waals surface area contributed by atoms with Gasteiger partial charge in [0.15, 0.2) is 0 Å². The van der Waals surface area contributed by atoms with Crippen LogP contribution in [0.25, 0.3) is 0 Å². The molecular weight excluding hydrogens is 468 g/mol. The van der Waals surface area contributed by atoms with Crippen molar-refractivity contribution in [1.29, 1.82) is 0 Å². The van der Waals surface area contributed by atoms with Crippen molar-refractivity contribution in [3.63, 3.8) is 0 Å². The van der Waals surface area contributed by atoms with Crippen LogP contribution in [-0.2, 0) is 10.1 Å². The summed E-state index contributed by atoms with van der Waals surface area (Å²) in [6, 6.07) is 0. The molecule has 0 spiro atoms. The van der Waals surface area contributed by atoms with Gasteiger partial charge in [-0.15, -0.1) is 0 Å². The molecule has 0 aromatic heterocycles. The van der Waals surface area contributed by atoms with E-state index in [0.29, 0.717) is 0 Å². The Morgan fingerprint density at radius 2 is 0.786 bits per heavy atom. The zero-order valence-electron chi connectivity index (χ0n) is 12.5. The maximum Gasteiger partial charge on any atom is 1.00 e. The van der Waals surface area contributed by atoms with Crippen LogP contribution in [-0.4, -0.2) is 60.4 Å². The summed E-state index contributed by atoms with van der Waals surface area (Å²) < 4.78 is 219. The minimum atomic E-state index is -8.52. The first-order chi connectivity index (χ1) is 11.2. The molecule has 0 heterocycles. The molecule has 0 aliphatic carbocycles. The van der Waals surface area contributed by atoms with Crippen molar-refractivity contribution < 1.29 is 97.7 Å². The second-order valence-corrected chi connectivity index (χ2v) is 6.18. The molecule has 0 radical (unpaired) electrons. The van der Waals surface area contributed by atoms with E-state index in [0.717, 1.165) is 0 Å². The van der Waals surface area contributed by atoms with E-state index >= 15 is 0 Å². The molecule has 0 bridgehead atoms. The van der Waals surface area contributed by atoms with Crippen LogP contribution in [0.15, 0.2) is 0 Å². The van der Waals surface area contributed by atoms with E-state index in [9.17, 15) is 78.8 Å². The van der Waals surface area contributed by atoms with Crippen LogP contribution in [0.2, 0.25) is 0 Å². The fourth-order valence-corrected chi connectivity index (χ4v) is 1.94. The molecule has 0 aromatic rings. The van der Waals surface area contributed by atoms with Gasteiger partial charge in [0, 0.05) is 0 Å². The Labute approximate surface area is 156 Å². The third-order valence-corrected chi connectivity index (χ3v) is 3.47. The fourth-order valence-electron chi connectivity index (χ4n) is 1.31. The molecule has 0 aliphatic rings. The van der Waals surface area contributed by atoms with Crippen LogP contribution in [0.5, 0.6) is 0 Å². The summed E-state index contributed by atoms with van der Waals surface area (Å²) in [6.45, 7) is 0. The number of hydrogen-bond donors (Lipinski definition) is 0. The van der Waals surface area contributed by atoms with Crippen molar-refractivity contribution in [1.82, 2.24) is 0 Å². The van der Waals surface area contributed by atoms with Crippen LogP contribution >= 0.6 is 0 Å². The summed E-state index contributed by atoms with van der Waals surface area (Å²) in [5.74, 6) is -52.4. The van der Waals surface area contributed by atoms with E-state index in [1.54, 1.807) is 0 Å². The average Bonchev–Trinajstić information content (AvgIpc) is 2.33. The van der Waals surface area contributed by atoms with E-state index in [4.69, 9.17) is 0 Å². The smallest absolute Gasteiger partial charge is 0.748 e. The molecule has 0 saturated carbocycles. The molecule has 20 heteroatoms. The van der Waals surface area contributed by atoms with Crippen LogP contribution in [0, 0.1) is 0 Å². The normalized spacial score (nSPS) is 16.0. The third-order valence-electron chi connectivity index (χ3n) is 2.75. The summed E-state index contributed by atoms with van der Waals surface area (Å²) in [5.41, 5.74) is 0. The van der Waals surface area contributed by atoms with Gasteiger partial charge < -0.3 is 4.55 Å². The van der Waals surface area contributed by atoms with Gasteiger partial charge in [-0.2, -0.15) is 65.9 Å². The van der Waals surface area contributed by atoms with Crippen molar-refractivity contribution in [2.75, 3.05) is 5.75 Å². The van der Waals surface area contributed by atoms with Gasteiger partial charge in [0.05, 0.1) is 0 Å². The van der Waals surface area contributed by atoms with E-state index in [-0.39, 0.29) is 18.9 Å². The predicted molar refractivity (Wildman–Crippen MR) is 50.3 cm³/mol. The zero-order valence-corrected chi connectivity index (χ0v) is 13.3. The largest absolute Gasteiger partial charge is 1.00 e. The quantitative estimate of drug-likeness (QED) is 0.316. The third kappa shape index (κ3) is 4.31. The first kappa shape index (κ1) is 29.7. The van der Waals surface area contributed by atoms with E-state index < -0.39 is 57.6 Å². The molecule has 164 valence electrons. The van der Waals surface area contributed by atoms with Crippen LogP contribution in [0.3, 0.4) is 0 Å². The van der Waals surface area contributed by atoms with Gasteiger partial charge in [0.1, 0.15) is 15.9 Å². The molecule has 0 rings (SSSR count). The maximum atomic E-state index is 13.0. The molecule has 0 N–H and O–H groups in total. The molecule has 0 amide bonds. The van der Waals surface area contributed by atoms with E-state index in [1.807, 2.05) is 0 Å². The van der Waals surface area contributed by atoms with Crippen LogP contribution < -0.4 is 18.9 Å². The summed E-state index contributed by atoms with van der Waals surface area (Å²) >= 11 is 0.